The number of aromatic amines is 1. The van der Waals surface area contributed by atoms with Crippen LogP contribution in [0, 0.1) is 10.7 Å². The number of carbonyl (C=O) groups is 1. The van der Waals surface area contributed by atoms with Crippen molar-refractivity contribution in [1.82, 2.24) is 10.3 Å². The van der Waals surface area contributed by atoms with Crippen LogP contribution in [0.5, 0.6) is 0 Å². The van der Waals surface area contributed by atoms with Gasteiger partial charge in [-0.1, -0.05) is 0 Å². The Balaban J connectivity index is 2.14. The molecule has 2 rings (SSSR count). The standard InChI is InChI=1S/C12H9I3N2O/c13-8-3-9(11(15)10(14)4-8)12(18)17-6-7-1-2-16-5-7/h1-5,16H,6H2,(H,17,18). The van der Waals surface area contributed by atoms with Crippen LogP contribution in [0.3, 0.4) is 0 Å². The van der Waals surface area contributed by atoms with E-state index in [1.807, 2.05) is 24.5 Å². The van der Waals surface area contributed by atoms with Crippen LogP contribution in [0.1, 0.15) is 15.9 Å². The van der Waals surface area contributed by atoms with Crippen molar-refractivity contribution in [3.63, 3.8) is 0 Å². The Bertz CT molecular complexity index is 567. The fourth-order valence-corrected chi connectivity index (χ4v) is 3.87. The van der Waals surface area contributed by atoms with Gasteiger partial charge in [-0.25, -0.2) is 0 Å². The van der Waals surface area contributed by atoms with E-state index in [9.17, 15) is 4.79 Å². The van der Waals surface area contributed by atoms with Crippen LogP contribution in [0.15, 0.2) is 30.6 Å². The molecule has 0 saturated heterocycles. The lowest BCUT2D eigenvalue weighted by Crippen LogP contribution is -2.24. The van der Waals surface area contributed by atoms with Gasteiger partial charge in [0.15, 0.2) is 0 Å². The summed E-state index contributed by atoms with van der Waals surface area (Å²) in [5, 5.41) is 2.93. The van der Waals surface area contributed by atoms with Crippen molar-refractivity contribution in [3.05, 3.63) is 52.4 Å². The molecule has 3 nitrogen and oxygen atoms in total. The second-order valence-corrected chi connectivity index (χ2v) is 7.14. The zero-order chi connectivity index (χ0) is 13.1. The molecule has 0 aliphatic carbocycles. The Kier molecular flexibility index (Phi) is 5.30. The number of nitrogens with one attached hydrogen (secondary N) is 2. The second-order valence-electron chi connectivity index (χ2n) is 3.65. The van der Waals surface area contributed by atoms with E-state index >= 15 is 0 Å². The third kappa shape index (κ3) is 3.59. The normalized spacial score (nSPS) is 10.4. The fraction of sp³-hybridized carbons (Fsp3) is 0.0833. The number of hydrogen-bond acceptors (Lipinski definition) is 1. The molecule has 1 aromatic heterocycles. The number of aromatic nitrogens is 1. The third-order valence-electron chi connectivity index (χ3n) is 2.35. The Morgan fingerprint density at radius 3 is 2.72 bits per heavy atom. The molecule has 18 heavy (non-hydrogen) atoms. The zero-order valence-corrected chi connectivity index (χ0v) is 15.6. The van der Waals surface area contributed by atoms with Crippen LogP contribution in [-0.4, -0.2) is 10.9 Å². The molecule has 1 heterocycles. The van der Waals surface area contributed by atoms with Crippen molar-refractivity contribution >= 4 is 73.7 Å². The van der Waals surface area contributed by atoms with E-state index in [2.05, 4.69) is 84.1 Å². The zero-order valence-electron chi connectivity index (χ0n) is 9.14. The predicted octanol–water partition coefficient (Wildman–Crippen LogP) is 3.76. The summed E-state index contributed by atoms with van der Waals surface area (Å²) >= 11 is 6.69. The minimum absolute atomic E-state index is 0.0305. The first-order valence-corrected chi connectivity index (χ1v) is 8.36. The topological polar surface area (TPSA) is 44.9 Å². The minimum Gasteiger partial charge on any atom is -0.367 e. The lowest BCUT2D eigenvalue weighted by atomic mass is 10.2. The monoisotopic (exact) mass is 578 g/mol. The molecule has 0 aliphatic rings. The predicted molar refractivity (Wildman–Crippen MR) is 96.6 cm³/mol. The highest BCUT2D eigenvalue weighted by Crippen LogP contribution is 2.22. The van der Waals surface area contributed by atoms with E-state index in [1.165, 1.54) is 0 Å². The molecule has 0 spiro atoms. The molecule has 0 aliphatic heterocycles. The maximum absolute atomic E-state index is 12.1. The number of benzene rings is 1. The average molecular weight is 578 g/mol. The van der Waals surface area contributed by atoms with E-state index in [0.717, 1.165) is 21.8 Å². The van der Waals surface area contributed by atoms with Gasteiger partial charge in [-0.05, 0) is 91.5 Å². The van der Waals surface area contributed by atoms with Crippen LogP contribution in [0.4, 0.5) is 0 Å². The fourth-order valence-electron chi connectivity index (χ4n) is 1.47. The molecular weight excluding hydrogens is 569 g/mol. The maximum atomic E-state index is 12.1. The van der Waals surface area contributed by atoms with Crippen molar-refractivity contribution in [2.45, 2.75) is 6.54 Å². The number of rotatable bonds is 3. The van der Waals surface area contributed by atoms with Gasteiger partial charge in [0.05, 0.1) is 5.56 Å². The maximum Gasteiger partial charge on any atom is 0.252 e. The number of amides is 1. The van der Waals surface area contributed by atoms with Gasteiger partial charge in [-0.3, -0.25) is 4.79 Å². The van der Waals surface area contributed by atoms with Crippen molar-refractivity contribution in [1.29, 1.82) is 0 Å². The molecular formula is C12H9I3N2O. The molecule has 0 atom stereocenters. The molecule has 0 bridgehead atoms. The Morgan fingerprint density at radius 2 is 2.06 bits per heavy atom. The second kappa shape index (κ2) is 6.55. The molecule has 1 aromatic carbocycles. The van der Waals surface area contributed by atoms with E-state index < -0.39 is 0 Å². The number of H-pyrrole nitrogens is 1. The summed E-state index contributed by atoms with van der Waals surface area (Å²) in [5.41, 5.74) is 1.81. The highest BCUT2D eigenvalue weighted by atomic mass is 127. The lowest BCUT2D eigenvalue weighted by Gasteiger charge is -2.08. The lowest BCUT2D eigenvalue weighted by molar-refractivity contribution is 0.0950. The summed E-state index contributed by atoms with van der Waals surface area (Å²) in [4.78, 5) is 15.1. The Labute approximate surface area is 146 Å². The summed E-state index contributed by atoms with van der Waals surface area (Å²) in [6.45, 7) is 0.542. The van der Waals surface area contributed by atoms with Gasteiger partial charge < -0.3 is 10.3 Å². The molecule has 6 heteroatoms. The first-order chi connectivity index (χ1) is 8.58. The quantitative estimate of drug-likeness (QED) is 0.424. The molecule has 0 saturated carbocycles. The minimum atomic E-state index is -0.0305. The molecule has 0 unspecified atom stereocenters. The molecule has 2 N–H and O–H groups in total. The van der Waals surface area contributed by atoms with Crippen molar-refractivity contribution in [2.24, 2.45) is 0 Å². The third-order valence-corrected chi connectivity index (χ3v) is 6.02. The number of halogens is 3. The van der Waals surface area contributed by atoms with Gasteiger partial charge in [0.2, 0.25) is 0 Å². The summed E-state index contributed by atoms with van der Waals surface area (Å²) in [6.07, 6.45) is 3.73. The van der Waals surface area contributed by atoms with E-state index in [0.29, 0.717) is 6.54 Å². The van der Waals surface area contributed by atoms with Crippen molar-refractivity contribution in [3.8, 4) is 0 Å². The highest BCUT2D eigenvalue weighted by Gasteiger charge is 2.13. The van der Waals surface area contributed by atoms with Crippen LogP contribution in [0.2, 0.25) is 0 Å². The van der Waals surface area contributed by atoms with Gasteiger partial charge in [-0.2, -0.15) is 0 Å². The highest BCUT2D eigenvalue weighted by molar-refractivity contribution is 14.1. The number of hydrogen-bond donors (Lipinski definition) is 2. The summed E-state index contributed by atoms with van der Waals surface area (Å²) in [6, 6.07) is 5.92. The SMILES string of the molecule is O=C(NCc1cc[nH]c1)c1cc(I)cc(I)c1I. The molecule has 1 amide bonds. The summed E-state index contributed by atoms with van der Waals surface area (Å²) < 4.78 is 3.18. The Hall–Kier alpha value is 0.160. The van der Waals surface area contributed by atoms with Gasteiger partial charge in [-0.15, -0.1) is 0 Å². The van der Waals surface area contributed by atoms with Crippen molar-refractivity contribution in [2.75, 3.05) is 0 Å². The van der Waals surface area contributed by atoms with Gasteiger partial charge in [0.25, 0.3) is 5.91 Å². The van der Waals surface area contributed by atoms with Gasteiger partial charge in [0.1, 0.15) is 0 Å². The van der Waals surface area contributed by atoms with E-state index in [4.69, 9.17) is 0 Å². The van der Waals surface area contributed by atoms with E-state index in [-0.39, 0.29) is 5.91 Å². The average Bonchev–Trinajstić information content (AvgIpc) is 2.83. The summed E-state index contributed by atoms with van der Waals surface area (Å²) in [5.74, 6) is -0.0305. The largest absolute Gasteiger partial charge is 0.367 e. The van der Waals surface area contributed by atoms with E-state index in [1.54, 1.807) is 0 Å². The van der Waals surface area contributed by atoms with Crippen molar-refractivity contribution < 1.29 is 4.79 Å². The van der Waals surface area contributed by atoms with Crippen LogP contribution >= 0.6 is 67.8 Å². The molecule has 94 valence electrons. The number of carbonyl (C=O) groups excluding carboxylic acids is 1. The smallest absolute Gasteiger partial charge is 0.252 e. The summed E-state index contributed by atoms with van der Waals surface area (Å²) in [7, 11) is 0. The first kappa shape index (κ1) is 14.6. The molecule has 2 aromatic rings. The van der Waals surface area contributed by atoms with Crippen LogP contribution in [-0.2, 0) is 6.54 Å². The van der Waals surface area contributed by atoms with Gasteiger partial charge >= 0.3 is 0 Å². The van der Waals surface area contributed by atoms with Crippen LogP contribution in [0.25, 0.3) is 0 Å². The Morgan fingerprint density at radius 1 is 1.28 bits per heavy atom. The van der Waals surface area contributed by atoms with Crippen LogP contribution < -0.4 is 5.32 Å². The molecule has 0 fully saturated rings. The van der Waals surface area contributed by atoms with Gasteiger partial charge in [0, 0.05) is 29.6 Å². The first-order valence-electron chi connectivity index (χ1n) is 5.12. The molecule has 0 radical (unpaired) electrons.